The molecule has 0 amide bonds. The molecule has 6 nitrogen and oxygen atoms in total. The number of esters is 1. The zero-order valence-electron chi connectivity index (χ0n) is 17.2. The average Bonchev–Trinajstić information content (AvgIpc) is 2.70. The Kier molecular flexibility index (Phi) is 9.45. The number of hydrogen-bond acceptors (Lipinski definition) is 6. The number of anilines is 1. The predicted molar refractivity (Wildman–Crippen MR) is 108 cm³/mol. The molecule has 1 saturated heterocycles. The van der Waals surface area contributed by atoms with Gasteiger partial charge in [0.1, 0.15) is 5.75 Å². The SMILES string of the molecule is C=CCOCCC(CC(=O)OCC)N1CCN(c2ccc(OC(F)(F)F)cc2)CC1. The fraction of sp³-hybridized carbons (Fsp3) is 0.571. The highest BCUT2D eigenvalue weighted by atomic mass is 19.4. The molecule has 0 N–H and O–H groups in total. The lowest BCUT2D eigenvalue weighted by atomic mass is 10.1. The molecule has 0 bridgehead atoms. The van der Waals surface area contributed by atoms with Gasteiger partial charge in [-0.15, -0.1) is 19.8 Å². The number of alkyl halides is 3. The summed E-state index contributed by atoms with van der Waals surface area (Å²) in [6.07, 6.45) is -2.01. The third-order valence-electron chi connectivity index (χ3n) is 4.80. The molecule has 0 aliphatic carbocycles. The number of rotatable bonds is 11. The molecule has 1 atom stereocenters. The maximum Gasteiger partial charge on any atom is 0.573 e. The highest BCUT2D eigenvalue weighted by Gasteiger charge is 2.31. The maximum atomic E-state index is 12.3. The maximum absolute atomic E-state index is 12.3. The number of piperazine rings is 1. The second-order valence-corrected chi connectivity index (χ2v) is 6.88. The van der Waals surface area contributed by atoms with Gasteiger partial charge < -0.3 is 19.1 Å². The van der Waals surface area contributed by atoms with Gasteiger partial charge in [0.2, 0.25) is 0 Å². The Morgan fingerprint density at radius 2 is 1.87 bits per heavy atom. The number of halogens is 3. The lowest BCUT2D eigenvalue weighted by Crippen LogP contribution is -2.51. The van der Waals surface area contributed by atoms with Gasteiger partial charge in [-0.2, -0.15) is 0 Å². The van der Waals surface area contributed by atoms with Gasteiger partial charge in [-0.3, -0.25) is 9.69 Å². The number of carbonyl (C=O) groups is 1. The third kappa shape index (κ3) is 8.23. The summed E-state index contributed by atoms with van der Waals surface area (Å²) < 4.78 is 51.4. The second-order valence-electron chi connectivity index (χ2n) is 6.88. The highest BCUT2D eigenvalue weighted by Crippen LogP contribution is 2.26. The van der Waals surface area contributed by atoms with Crippen molar-refractivity contribution in [3.8, 4) is 5.75 Å². The van der Waals surface area contributed by atoms with Crippen molar-refractivity contribution in [2.75, 3.05) is 50.9 Å². The Morgan fingerprint density at radius 1 is 1.20 bits per heavy atom. The molecule has 1 aliphatic heterocycles. The van der Waals surface area contributed by atoms with E-state index in [9.17, 15) is 18.0 Å². The smallest absolute Gasteiger partial charge is 0.466 e. The zero-order valence-corrected chi connectivity index (χ0v) is 17.2. The summed E-state index contributed by atoms with van der Waals surface area (Å²) in [5.74, 6) is -0.465. The van der Waals surface area contributed by atoms with Crippen LogP contribution in [0.4, 0.5) is 18.9 Å². The summed E-state index contributed by atoms with van der Waals surface area (Å²) in [6.45, 7) is 9.60. The van der Waals surface area contributed by atoms with Crippen LogP contribution in [0.15, 0.2) is 36.9 Å². The van der Waals surface area contributed by atoms with E-state index in [2.05, 4.69) is 21.1 Å². The largest absolute Gasteiger partial charge is 0.573 e. The van der Waals surface area contributed by atoms with Gasteiger partial charge in [0.15, 0.2) is 0 Å². The van der Waals surface area contributed by atoms with Gasteiger partial charge in [-0.1, -0.05) is 6.08 Å². The van der Waals surface area contributed by atoms with Crippen LogP contribution in [0.1, 0.15) is 19.8 Å². The molecule has 0 saturated carbocycles. The van der Waals surface area contributed by atoms with Crippen LogP contribution in [0.3, 0.4) is 0 Å². The first kappa shape index (κ1) is 24.0. The number of benzene rings is 1. The van der Waals surface area contributed by atoms with Crippen molar-refractivity contribution in [2.24, 2.45) is 0 Å². The summed E-state index contributed by atoms with van der Waals surface area (Å²) >= 11 is 0. The summed E-state index contributed by atoms with van der Waals surface area (Å²) in [4.78, 5) is 16.3. The molecule has 0 spiro atoms. The van der Waals surface area contributed by atoms with Crippen LogP contribution in [0.25, 0.3) is 0 Å². The highest BCUT2D eigenvalue weighted by molar-refractivity contribution is 5.70. The summed E-state index contributed by atoms with van der Waals surface area (Å²) in [6, 6.07) is 5.88. The van der Waals surface area contributed by atoms with Crippen molar-refractivity contribution < 1.29 is 32.2 Å². The average molecular weight is 430 g/mol. The quantitative estimate of drug-likeness (QED) is 0.304. The molecule has 1 aromatic rings. The first-order valence-corrected chi connectivity index (χ1v) is 10.0. The van der Waals surface area contributed by atoms with Gasteiger partial charge in [-0.05, 0) is 37.6 Å². The summed E-state index contributed by atoms with van der Waals surface area (Å²) in [5, 5.41) is 0. The van der Waals surface area contributed by atoms with E-state index in [0.717, 1.165) is 18.8 Å². The van der Waals surface area contributed by atoms with Crippen LogP contribution < -0.4 is 9.64 Å². The Labute approximate surface area is 175 Å². The molecule has 1 fully saturated rings. The van der Waals surface area contributed by atoms with Crippen LogP contribution >= 0.6 is 0 Å². The third-order valence-corrected chi connectivity index (χ3v) is 4.80. The standard InChI is InChI=1S/C21H29F3N2O4/c1-3-14-28-15-9-18(16-20(27)29-4-2)26-12-10-25(11-13-26)17-5-7-19(8-6-17)30-21(22,23)24/h3,5-8,18H,1,4,9-16H2,2H3. The summed E-state index contributed by atoms with van der Waals surface area (Å²) in [7, 11) is 0. The van der Waals surface area contributed by atoms with Crippen LogP contribution in [0.5, 0.6) is 5.75 Å². The molecular formula is C21H29F3N2O4. The van der Waals surface area contributed by atoms with E-state index in [1.165, 1.54) is 12.1 Å². The summed E-state index contributed by atoms with van der Waals surface area (Å²) in [5.41, 5.74) is 0.834. The van der Waals surface area contributed by atoms with E-state index >= 15 is 0 Å². The molecule has 168 valence electrons. The van der Waals surface area contributed by atoms with E-state index in [0.29, 0.717) is 45.8 Å². The minimum Gasteiger partial charge on any atom is -0.466 e. The fourth-order valence-electron chi connectivity index (χ4n) is 3.42. The van der Waals surface area contributed by atoms with Crippen LogP contribution in [0, 0.1) is 0 Å². The number of nitrogens with zero attached hydrogens (tertiary/aromatic N) is 2. The van der Waals surface area contributed by atoms with Crippen molar-refractivity contribution in [3.63, 3.8) is 0 Å². The Balaban J connectivity index is 1.90. The van der Waals surface area contributed by atoms with Gasteiger partial charge in [-0.25, -0.2) is 0 Å². The lowest BCUT2D eigenvalue weighted by Gasteiger charge is -2.40. The first-order chi connectivity index (χ1) is 14.3. The molecule has 30 heavy (non-hydrogen) atoms. The van der Waals surface area contributed by atoms with Crippen LogP contribution in [0.2, 0.25) is 0 Å². The van der Waals surface area contributed by atoms with Crippen molar-refractivity contribution in [1.82, 2.24) is 4.90 Å². The predicted octanol–water partition coefficient (Wildman–Crippen LogP) is 3.62. The number of carbonyl (C=O) groups excluding carboxylic acids is 1. The number of ether oxygens (including phenoxy) is 3. The van der Waals surface area contributed by atoms with Gasteiger partial charge in [0, 0.05) is 44.5 Å². The molecular weight excluding hydrogens is 401 g/mol. The molecule has 1 heterocycles. The van der Waals surface area contributed by atoms with Gasteiger partial charge >= 0.3 is 12.3 Å². The van der Waals surface area contributed by atoms with Crippen LogP contribution in [-0.2, 0) is 14.3 Å². The van der Waals surface area contributed by atoms with Crippen molar-refractivity contribution >= 4 is 11.7 Å². The fourth-order valence-corrected chi connectivity index (χ4v) is 3.42. The topological polar surface area (TPSA) is 51.2 Å². The van der Waals surface area contributed by atoms with Gasteiger partial charge in [0.05, 0.1) is 19.6 Å². The molecule has 9 heteroatoms. The van der Waals surface area contributed by atoms with E-state index in [4.69, 9.17) is 9.47 Å². The normalized spacial score (nSPS) is 16.2. The Bertz CT molecular complexity index is 659. The zero-order chi connectivity index (χ0) is 22.0. The van der Waals surface area contributed by atoms with E-state index in [1.807, 2.05) is 0 Å². The Hall–Kier alpha value is -2.26. The second kappa shape index (κ2) is 11.8. The Morgan fingerprint density at radius 3 is 2.43 bits per heavy atom. The molecule has 2 rings (SSSR count). The van der Waals surface area contributed by atoms with E-state index in [-0.39, 0.29) is 17.8 Å². The minimum absolute atomic E-state index is 0.0126. The molecule has 1 aliphatic rings. The van der Waals surface area contributed by atoms with Crippen LogP contribution in [-0.4, -0.2) is 69.3 Å². The lowest BCUT2D eigenvalue weighted by molar-refractivity contribution is -0.274. The molecule has 0 aromatic heterocycles. The van der Waals surface area contributed by atoms with Gasteiger partial charge in [0.25, 0.3) is 0 Å². The van der Waals surface area contributed by atoms with E-state index < -0.39 is 6.36 Å². The minimum atomic E-state index is -4.70. The molecule has 1 unspecified atom stereocenters. The van der Waals surface area contributed by atoms with Crippen molar-refractivity contribution in [2.45, 2.75) is 32.2 Å². The van der Waals surface area contributed by atoms with E-state index in [1.54, 1.807) is 25.1 Å². The monoisotopic (exact) mass is 430 g/mol. The molecule has 0 radical (unpaired) electrons. The number of hydrogen-bond donors (Lipinski definition) is 0. The van der Waals surface area contributed by atoms with Crippen molar-refractivity contribution in [1.29, 1.82) is 0 Å². The first-order valence-electron chi connectivity index (χ1n) is 10.0. The molecule has 1 aromatic carbocycles. The van der Waals surface area contributed by atoms with Crippen molar-refractivity contribution in [3.05, 3.63) is 36.9 Å².